The average molecular weight is 295 g/mol. The lowest BCUT2D eigenvalue weighted by atomic mass is 9.94. The molecule has 0 amide bonds. The molecule has 4 nitrogen and oxygen atoms in total. The number of carbonyl (C=O) groups is 2. The highest BCUT2D eigenvalue weighted by atomic mass is 35.5. The molecule has 0 aromatic rings. The first-order valence-corrected chi connectivity index (χ1v) is 5.91. The summed E-state index contributed by atoms with van der Waals surface area (Å²) >= 11 is 12.0. The summed E-state index contributed by atoms with van der Waals surface area (Å²) < 4.78 is 9.59. The zero-order valence-electron chi connectivity index (χ0n) is 10.4. The lowest BCUT2D eigenvalue weighted by molar-refractivity contribution is -0.154. The van der Waals surface area contributed by atoms with E-state index in [1.165, 1.54) is 26.0 Å². The van der Waals surface area contributed by atoms with Crippen LogP contribution in [0.25, 0.3) is 0 Å². The van der Waals surface area contributed by atoms with Crippen LogP contribution in [0.3, 0.4) is 0 Å². The quantitative estimate of drug-likeness (QED) is 0.411. The molecule has 0 saturated carbocycles. The SMILES string of the molecule is C=CCOC(=O)C(C)(Cl)C(C)(Cl)C(=O)OCC=C. The molecule has 0 bridgehead atoms. The van der Waals surface area contributed by atoms with E-state index in [-0.39, 0.29) is 13.2 Å². The van der Waals surface area contributed by atoms with Crippen LogP contribution >= 0.6 is 23.2 Å². The Morgan fingerprint density at radius 2 is 1.28 bits per heavy atom. The molecule has 0 aromatic carbocycles. The second-order valence-electron chi connectivity index (χ2n) is 3.78. The summed E-state index contributed by atoms with van der Waals surface area (Å²) in [5, 5.41) is 0. The molecule has 2 unspecified atom stereocenters. The highest BCUT2D eigenvalue weighted by Gasteiger charge is 2.55. The Labute approximate surface area is 117 Å². The molecule has 0 spiro atoms. The lowest BCUT2D eigenvalue weighted by Crippen LogP contribution is -2.54. The van der Waals surface area contributed by atoms with Crippen molar-refractivity contribution in [3.05, 3.63) is 25.3 Å². The number of carbonyl (C=O) groups excluding carboxylic acids is 2. The predicted octanol–water partition coefficient (Wildman–Crippen LogP) is 2.44. The van der Waals surface area contributed by atoms with Crippen LogP contribution in [0.2, 0.25) is 0 Å². The molecule has 0 rings (SSSR count). The highest BCUT2D eigenvalue weighted by Crippen LogP contribution is 2.37. The van der Waals surface area contributed by atoms with Crippen molar-refractivity contribution >= 4 is 35.1 Å². The summed E-state index contributed by atoms with van der Waals surface area (Å²) in [6.07, 6.45) is 2.76. The molecule has 0 saturated heterocycles. The second-order valence-corrected chi connectivity index (χ2v) is 5.29. The van der Waals surface area contributed by atoms with Gasteiger partial charge in [0.15, 0.2) is 9.75 Å². The fourth-order valence-corrected chi connectivity index (χ4v) is 1.19. The second kappa shape index (κ2) is 6.81. The maximum absolute atomic E-state index is 11.7. The van der Waals surface area contributed by atoms with Gasteiger partial charge in [-0.1, -0.05) is 25.3 Å². The van der Waals surface area contributed by atoms with Gasteiger partial charge in [0.25, 0.3) is 0 Å². The van der Waals surface area contributed by atoms with Gasteiger partial charge < -0.3 is 9.47 Å². The minimum absolute atomic E-state index is 0.0180. The molecule has 0 fully saturated rings. The van der Waals surface area contributed by atoms with E-state index in [9.17, 15) is 9.59 Å². The van der Waals surface area contributed by atoms with Gasteiger partial charge in [0.05, 0.1) is 0 Å². The molecule has 0 aromatic heterocycles. The van der Waals surface area contributed by atoms with Crippen molar-refractivity contribution in [2.45, 2.75) is 23.6 Å². The minimum Gasteiger partial charge on any atom is -0.460 e. The van der Waals surface area contributed by atoms with E-state index in [1.54, 1.807) is 0 Å². The summed E-state index contributed by atoms with van der Waals surface area (Å²) in [6, 6.07) is 0. The zero-order valence-corrected chi connectivity index (χ0v) is 11.9. The molecule has 0 aliphatic rings. The zero-order chi connectivity index (χ0) is 14.4. The molecule has 0 aliphatic carbocycles. The Bertz CT molecular complexity index is 314. The molecule has 0 radical (unpaired) electrons. The number of alkyl halides is 2. The van der Waals surface area contributed by atoms with Crippen LogP contribution in [-0.4, -0.2) is 34.9 Å². The standard InChI is InChI=1S/C12H16Cl2O4/c1-5-7-17-9(15)11(3,13)12(4,14)10(16)18-8-6-2/h5-6H,1-2,7-8H2,3-4H3. The van der Waals surface area contributed by atoms with Gasteiger partial charge in [-0.3, -0.25) is 9.59 Å². The average Bonchev–Trinajstić information content (AvgIpc) is 2.32. The molecule has 0 N–H and O–H groups in total. The van der Waals surface area contributed by atoms with Crippen molar-refractivity contribution < 1.29 is 19.1 Å². The summed E-state index contributed by atoms with van der Waals surface area (Å²) in [5.74, 6) is -1.64. The fourth-order valence-electron chi connectivity index (χ4n) is 0.924. The van der Waals surface area contributed by atoms with Crippen molar-refractivity contribution in [3.8, 4) is 0 Å². The Morgan fingerprint density at radius 3 is 1.50 bits per heavy atom. The minimum atomic E-state index is -1.75. The smallest absolute Gasteiger partial charge is 0.329 e. The fraction of sp³-hybridized carbons (Fsp3) is 0.500. The van der Waals surface area contributed by atoms with Gasteiger partial charge in [-0.2, -0.15) is 0 Å². The number of rotatable bonds is 7. The van der Waals surface area contributed by atoms with Crippen LogP contribution in [-0.2, 0) is 19.1 Å². The van der Waals surface area contributed by atoms with Crippen molar-refractivity contribution in [1.29, 1.82) is 0 Å². The maximum atomic E-state index is 11.7. The van der Waals surface area contributed by atoms with Crippen molar-refractivity contribution in [3.63, 3.8) is 0 Å². The largest absolute Gasteiger partial charge is 0.460 e. The molecule has 2 atom stereocenters. The molecule has 0 heterocycles. The van der Waals surface area contributed by atoms with Crippen molar-refractivity contribution in [2.24, 2.45) is 0 Å². The molecular weight excluding hydrogens is 279 g/mol. The normalized spacial score (nSPS) is 16.9. The topological polar surface area (TPSA) is 52.6 Å². The summed E-state index contributed by atoms with van der Waals surface area (Å²) in [4.78, 5) is 20.0. The monoisotopic (exact) mass is 294 g/mol. The first-order chi connectivity index (χ1) is 8.21. The summed E-state index contributed by atoms with van der Waals surface area (Å²) in [6.45, 7) is 9.34. The third-order valence-corrected chi connectivity index (χ3v) is 3.47. The summed E-state index contributed by atoms with van der Waals surface area (Å²) in [7, 11) is 0. The highest BCUT2D eigenvalue weighted by molar-refractivity contribution is 6.47. The van der Waals surface area contributed by atoms with Gasteiger partial charge in [-0.25, -0.2) is 0 Å². The molecule has 102 valence electrons. The third-order valence-electron chi connectivity index (χ3n) is 2.31. The first-order valence-electron chi connectivity index (χ1n) is 5.15. The van der Waals surface area contributed by atoms with Crippen LogP contribution in [0.1, 0.15) is 13.8 Å². The van der Waals surface area contributed by atoms with Crippen LogP contribution in [0.15, 0.2) is 25.3 Å². The summed E-state index contributed by atoms with van der Waals surface area (Å²) in [5.41, 5.74) is 0. The van der Waals surface area contributed by atoms with Gasteiger partial charge in [0.1, 0.15) is 13.2 Å². The Morgan fingerprint density at radius 1 is 1.00 bits per heavy atom. The van der Waals surface area contributed by atoms with E-state index >= 15 is 0 Å². The number of halogens is 2. The third kappa shape index (κ3) is 3.75. The van der Waals surface area contributed by atoms with E-state index < -0.39 is 21.7 Å². The van der Waals surface area contributed by atoms with Crippen LogP contribution in [0, 0.1) is 0 Å². The van der Waals surface area contributed by atoms with E-state index in [2.05, 4.69) is 13.2 Å². The van der Waals surface area contributed by atoms with Crippen molar-refractivity contribution in [2.75, 3.05) is 13.2 Å². The van der Waals surface area contributed by atoms with E-state index in [4.69, 9.17) is 32.7 Å². The number of esters is 2. The van der Waals surface area contributed by atoms with Gasteiger partial charge in [0, 0.05) is 0 Å². The number of hydrogen-bond acceptors (Lipinski definition) is 4. The molecular formula is C12H16Cl2O4. The van der Waals surface area contributed by atoms with Crippen LogP contribution in [0.5, 0.6) is 0 Å². The number of hydrogen-bond donors (Lipinski definition) is 0. The Balaban J connectivity index is 4.92. The Kier molecular flexibility index (Phi) is 6.43. The molecule has 6 heteroatoms. The van der Waals surface area contributed by atoms with Gasteiger partial charge >= 0.3 is 11.9 Å². The van der Waals surface area contributed by atoms with E-state index in [0.29, 0.717) is 0 Å². The predicted molar refractivity (Wildman–Crippen MR) is 70.8 cm³/mol. The van der Waals surface area contributed by atoms with Gasteiger partial charge in [0.2, 0.25) is 0 Å². The molecule has 18 heavy (non-hydrogen) atoms. The Hall–Kier alpha value is -1.00. The molecule has 0 aliphatic heterocycles. The van der Waals surface area contributed by atoms with Crippen LogP contribution in [0.4, 0.5) is 0 Å². The van der Waals surface area contributed by atoms with E-state index in [1.807, 2.05) is 0 Å². The lowest BCUT2D eigenvalue weighted by Gasteiger charge is -2.32. The van der Waals surface area contributed by atoms with Crippen molar-refractivity contribution in [1.82, 2.24) is 0 Å². The van der Waals surface area contributed by atoms with Crippen LogP contribution < -0.4 is 0 Å². The first kappa shape index (κ1) is 17.0. The maximum Gasteiger partial charge on any atom is 0.329 e. The number of ether oxygens (including phenoxy) is 2. The van der Waals surface area contributed by atoms with Gasteiger partial charge in [-0.15, -0.1) is 23.2 Å². The van der Waals surface area contributed by atoms with Gasteiger partial charge in [-0.05, 0) is 13.8 Å². The van der Waals surface area contributed by atoms with E-state index in [0.717, 1.165) is 0 Å².